The van der Waals surface area contributed by atoms with E-state index in [9.17, 15) is 9.59 Å². The molecular weight excluding hydrogens is 467 g/mol. The number of likely N-dealkylation sites (tertiary alicyclic amines) is 1. The molecule has 1 aromatic carbocycles. The third-order valence-electron chi connectivity index (χ3n) is 7.07. The van der Waals surface area contributed by atoms with Gasteiger partial charge in [0.05, 0.1) is 0 Å². The number of aldehydes is 1. The highest BCUT2D eigenvalue weighted by Gasteiger charge is 2.28. The lowest BCUT2D eigenvalue weighted by atomic mass is 10.0. The molecule has 37 heavy (non-hydrogen) atoms. The van der Waals surface area contributed by atoms with Crippen LogP contribution in [0.4, 0.5) is 4.39 Å². The van der Waals surface area contributed by atoms with Gasteiger partial charge >= 0.3 is 0 Å². The maximum atomic E-state index is 15.2. The Hall–Kier alpha value is -3.87. The molecule has 1 amide bonds. The molecule has 2 aliphatic rings. The number of carbonyl (C=O) groups excluding carboxylic acids is 2. The molecular formula is C30H33FN4O2. The van der Waals surface area contributed by atoms with Crippen molar-refractivity contribution in [2.45, 2.75) is 52.0 Å². The number of rotatable bonds is 6. The lowest BCUT2D eigenvalue weighted by molar-refractivity contribution is -0.125. The van der Waals surface area contributed by atoms with Crippen LogP contribution in [0.1, 0.15) is 62.0 Å². The number of hydrogen-bond acceptors (Lipinski definition) is 5. The van der Waals surface area contributed by atoms with Gasteiger partial charge in [-0.3, -0.25) is 14.6 Å². The zero-order chi connectivity index (χ0) is 26.5. The van der Waals surface area contributed by atoms with Crippen molar-refractivity contribution in [2.75, 3.05) is 13.6 Å². The second-order valence-corrected chi connectivity index (χ2v) is 9.55. The topological polar surface area (TPSA) is 65.9 Å². The van der Waals surface area contributed by atoms with E-state index in [1.165, 1.54) is 6.07 Å². The number of aromatic nitrogens is 1. The van der Waals surface area contributed by atoms with Crippen molar-refractivity contribution in [3.05, 3.63) is 83.9 Å². The van der Waals surface area contributed by atoms with Crippen LogP contribution in [-0.4, -0.2) is 52.3 Å². The largest absolute Gasteiger partial charge is 0.335 e. The summed E-state index contributed by atoms with van der Waals surface area (Å²) in [5.41, 5.74) is 3.85. The van der Waals surface area contributed by atoms with Crippen LogP contribution < -0.4 is 0 Å². The second kappa shape index (κ2) is 11.5. The normalized spacial score (nSPS) is 19.2. The summed E-state index contributed by atoms with van der Waals surface area (Å²) in [6.07, 6.45) is 10.8. The van der Waals surface area contributed by atoms with E-state index in [-0.39, 0.29) is 11.9 Å². The van der Waals surface area contributed by atoms with E-state index in [2.05, 4.69) is 18.5 Å². The van der Waals surface area contributed by atoms with E-state index in [1.807, 2.05) is 29.8 Å². The van der Waals surface area contributed by atoms with E-state index in [1.54, 1.807) is 36.5 Å². The molecule has 1 aromatic heterocycles. The molecule has 7 heteroatoms. The van der Waals surface area contributed by atoms with E-state index < -0.39 is 5.82 Å². The van der Waals surface area contributed by atoms with Gasteiger partial charge in [-0.05, 0) is 61.6 Å². The minimum absolute atomic E-state index is 0.0605. The number of amides is 1. The van der Waals surface area contributed by atoms with E-state index in [4.69, 9.17) is 4.99 Å². The molecule has 4 rings (SSSR count). The molecule has 1 atom stereocenters. The number of carbonyl (C=O) groups is 2. The summed E-state index contributed by atoms with van der Waals surface area (Å²) in [4.78, 5) is 36.9. The number of benzene rings is 1. The highest BCUT2D eigenvalue weighted by atomic mass is 19.1. The number of halogens is 1. The first kappa shape index (κ1) is 26.2. The fourth-order valence-corrected chi connectivity index (χ4v) is 4.77. The zero-order valence-corrected chi connectivity index (χ0v) is 21.7. The molecule has 0 spiro atoms. The first-order chi connectivity index (χ1) is 17.8. The Kier molecular flexibility index (Phi) is 8.11. The predicted octanol–water partition coefficient (Wildman–Crippen LogP) is 6.03. The summed E-state index contributed by atoms with van der Waals surface area (Å²) in [5, 5.41) is 0. The zero-order valence-electron chi connectivity index (χ0n) is 21.7. The Morgan fingerprint density at radius 2 is 1.97 bits per heavy atom. The Morgan fingerprint density at radius 3 is 2.65 bits per heavy atom. The minimum atomic E-state index is -0.429. The molecule has 6 nitrogen and oxygen atoms in total. The highest BCUT2D eigenvalue weighted by molar-refractivity contribution is 6.43. The first-order valence-electron chi connectivity index (χ1n) is 12.8. The predicted molar refractivity (Wildman–Crippen MR) is 145 cm³/mol. The van der Waals surface area contributed by atoms with Crippen molar-refractivity contribution in [2.24, 2.45) is 4.99 Å². The average molecular weight is 501 g/mol. The van der Waals surface area contributed by atoms with Crippen molar-refractivity contribution < 1.29 is 14.0 Å². The van der Waals surface area contributed by atoms with E-state index >= 15 is 4.39 Å². The van der Waals surface area contributed by atoms with Crippen molar-refractivity contribution in [3.8, 4) is 11.1 Å². The summed E-state index contributed by atoms with van der Waals surface area (Å²) in [6, 6.07) is 8.40. The molecule has 2 aromatic rings. The van der Waals surface area contributed by atoms with Gasteiger partial charge in [0.2, 0.25) is 0 Å². The Morgan fingerprint density at radius 1 is 1.19 bits per heavy atom. The molecule has 0 radical (unpaired) electrons. The second-order valence-electron chi connectivity index (χ2n) is 9.55. The molecule has 1 saturated heterocycles. The van der Waals surface area contributed by atoms with Crippen molar-refractivity contribution >= 4 is 23.5 Å². The maximum absolute atomic E-state index is 15.2. The number of nitrogens with zero attached hydrogens (tertiary/aromatic N) is 4. The molecule has 0 saturated carbocycles. The van der Waals surface area contributed by atoms with Crippen molar-refractivity contribution in [1.82, 2.24) is 14.8 Å². The summed E-state index contributed by atoms with van der Waals surface area (Å²) < 4.78 is 15.2. The van der Waals surface area contributed by atoms with Crippen LogP contribution in [-0.2, 0) is 4.79 Å². The minimum Gasteiger partial charge on any atom is -0.335 e. The van der Waals surface area contributed by atoms with Gasteiger partial charge in [-0.2, -0.15) is 0 Å². The number of hydrogen-bond donors (Lipinski definition) is 0. The van der Waals surface area contributed by atoms with Crippen molar-refractivity contribution in [1.29, 1.82) is 0 Å². The lowest BCUT2D eigenvalue weighted by Gasteiger charge is -2.31. The van der Waals surface area contributed by atoms with Gasteiger partial charge in [-0.15, -0.1) is 0 Å². The van der Waals surface area contributed by atoms with Crippen LogP contribution in [0.25, 0.3) is 16.7 Å². The van der Waals surface area contributed by atoms with Crippen LogP contribution in [0, 0.1) is 5.82 Å². The Balaban J connectivity index is 1.62. The monoisotopic (exact) mass is 500 g/mol. The summed E-state index contributed by atoms with van der Waals surface area (Å²) >= 11 is 0. The quantitative estimate of drug-likeness (QED) is 0.455. The van der Waals surface area contributed by atoms with Gasteiger partial charge in [0.15, 0.2) is 6.29 Å². The van der Waals surface area contributed by atoms with Gasteiger partial charge in [-0.25, -0.2) is 9.38 Å². The Bertz CT molecular complexity index is 1290. The van der Waals surface area contributed by atoms with Gasteiger partial charge in [0.1, 0.15) is 23.0 Å². The number of pyridine rings is 1. The highest BCUT2D eigenvalue weighted by Crippen LogP contribution is 2.29. The van der Waals surface area contributed by atoms with Crippen LogP contribution in [0.15, 0.2) is 71.8 Å². The molecule has 192 valence electrons. The summed E-state index contributed by atoms with van der Waals surface area (Å²) in [7, 11) is 1.89. The van der Waals surface area contributed by atoms with E-state index in [0.717, 1.165) is 44.3 Å². The average Bonchev–Trinajstić information content (AvgIpc) is 3.13. The third-order valence-corrected chi connectivity index (χ3v) is 7.07. The van der Waals surface area contributed by atoms with Crippen LogP contribution in [0.3, 0.4) is 0 Å². The van der Waals surface area contributed by atoms with E-state index in [0.29, 0.717) is 45.8 Å². The van der Waals surface area contributed by atoms with Crippen molar-refractivity contribution in [3.63, 3.8) is 0 Å². The number of allylic oxidation sites excluding steroid dienone is 3. The first-order valence-corrected chi connectivity index (χ1v) is 12.8. The van der Waals surface area contributed by atoms with Gasteiger partial charge in [0.25, 0.3) is 5.91 Å². The molecule has 1 fully saturated rings. The summed E-state index contributed by atoms with van der Waals surface area (Å²) in [6.45, 7) is 8.96. The third kappa shape index (κ3) is 5.77. The van der Waals surface area contributed by atoms with Crippen LogP contribution in [0.2, 0.25) is 0 Å². The molecule has 0 bridgehead atoms. The Labute approximate surface area is 217 Å². The molecule has 2 aliphatic heterocycles. The van der Waals surface area contributed by atoms with Crippen LogP contribution in [0.5, 0.6) is 0 Å². The van der Waals surface area contributed by atoms with Gasteiger partial charge in [-0.1, -0.05) is 44.5 Å². The standard InChI is InChI=1S/C30H33FN4O2/c1-5-25-17-28(30(37)35-14-8-6-7-9-21(35)3)33-29(34(25)4)15-20(2)26-13-11-22(16-27(26)31)23-10-12-24(19-36)32-18-23/h10-13,15-19,21H,2,5-9,14H2,1,3-4H3/b29-15-. The molecule has 3 heterocycles. The number of aliphatic imine (C=N–C) groups is 1. The lowest BCUT2D eigenvalue weighted by Crippen LogP contribution is -2.43. The van der Waals surface area contributed by atoms with Gasteiger partial charge in [0, 0.05) is 42.7 Å². The maximum Gasteiger partial charge on any atom is 0.272 e. The molecule has 1 unspecified atom stereocenters. The SMILES string of the molecule is C=C(/C=C1/N=C(C(=O)N2CCCCCC2C)C=C(CC)N1C)c1ccc(-c2ccc(C=O)nc2)cc1F. The fraction of sp³-hybridized carbons (Fsp3) is 0.333. The smallest absolute Gasteiger partial charge is 0.272 e. The van der Waals surface area contributed by atoms with Crippen LogP contribution >= 0.6 is 0 Å². The molecule has 0 N–H and O–H groups in total. The molecule has 0 aliphatic carbocycles. The fourth-order valence-electron chi connectivity index (χ4n) is 4.77. The summed E-state index contributed by atoms with van der Waals surface area (Å²) in [5.74, 6) is 0.0595. The van der Waals surface area contributed by atoms with Gasteiger partial charge < -0.3 is 9.80 Å².